The summed E-state index contributed by atoms with van der Waals surface area (Å²) in [5, 5.41) is 4.59. The van der Waals surface area contributed by atoms with Gasteiger partial charge in [-0.3, -0.25) is 0 Å². The fourth-order valence-corrected chi connectivity index (χ4v) is 1.70. The van der Waals surface area contributed by atoms with Crippen molar-refractivity contribution in [3.05, 3.63) is 30.6 Å². The summed E-state index contributed by atoms with van der Waals surface area (Å²) < 4.78 is 0. The van der Waals surface area contributed by atoms with Crippen LogP contribution in [0.5, 0.6) is 0 Å². The first-order valence-corrected chi connectivity index (χ1v) is 5.25. The normalized spacial score (nSPS) is 17.7. The van der Waals surface area contributed by atoms with Crippen LogP contribution in [-0.4, -0.2) is 15.5 Å². The molecule has 1 aromatic carbocycles. The molecule has 3 rings (SSSR count). The van der Waals surface area contributed by atoms with Gasteiger partial charge in [0, 0.05) is 10.9 Å². The van der Waals surface area contributed by atoms with Crippen molar-refractivity contribution in [2.75, 3.05) is 5.32 Å². The highest BCUT2D eigenvalue weighted by molar-refractivity contribution is 5.89. The molecular weight excluding hydrogens is 186 g/mol. The zero-order valence-corrected chi connectivity index (χ0v) is 8.70. The fraction of sp³-hybridized carbons (Fsp3) is 0.333. The van der Waals surface area contributed by atoms with Crippen molar-refractivity contribution < 1.29 is 0 Å². The quantitative estimate of drug-likeness (QED) is 0.807. The second kappa shape index (κ2) is 2.92. The van der Waals surface area contributed by atoms with Gasteiger partial charge in [0.05, 0.1) is 5.52 Å². The minimum atomic E-state index is 0.261. The molecule has 15 heavy (non-hydrogen) atoms. The molecule has 1 N–H and O–H groups in total. The molecule has 1 heterocycles. The van der Waals surface area contributed by atoms with Crippen molar-refractivity contribution in [3.63, 3.8) is 0 Å². The van der Waals surface area contributed by atoms with Crippen LogP contribution in [0.15, 0.2) is 30.6 Å². The molecule has 0 radical (unpaired) electrons. The second-order valence-corrected chi connectivity index (χ2v) is 4.43. The lowest BCUT2D eigenvalue weighted by molar-refractivity contribution is 0.822. The summed E-state index contributed by atoms with van der Waals surface area (Å²) in [4.78, 5) is 8.55. The van der Waals surface area contributed by atoms with Crippen LogP contribution >= 0.6 is 0 Å². The Balaban J connectivity index is 2.09. The first-order valence-electron chi connectivity index (χ1n) is 5.25. The zero-order valence-electron chi connectivity index (χ0n) is 8.70. The number of hydrogen-bond donors (Lipinski definition) is 1. The Kier molecular flexibility index (Phi) is 1.69. The highest BCUT2D eigenvalue weighted by Gasteiger charge is 2.37. The summed E-state index contributed by atoms with van der Waals surface area (Å²) in [6.07, 6.45) is 4.08. The molecule has 1 aromatic heterocycles. The molecule has 0 amide bonds. The van der Waals surface area contributed by atoms with Crippen LogP contribution in [0.3, 0.4) is 0 Å². The van der Waals surface area contributed by atoms with Crippen molar-refractivity contribution in [3.8, 4) is 0 Å². The van der Waals surface area contributed by atoms with Gasteiger partial charge in [-0.2, -0.15) is 0 Å². The molecule has 0 spiro atoms. The molecule has 3 nitrogen and oxygen atoms in total. The first-order chi connectivity index (χ1) is 7.27. The zero-order chi connectivity index (χ0) is 10.3. The van der Waals surface area contributed by atoms with Gasteiger partial charge in [-0.25, -0.2) is 9.97 Å². The van der Waals surface area contributed by atoms with Gasteiger partial charge < -0.3 is 5.32 Å². The van der Waals surface area contributed by atoms with Crippen molar-refractivity contribution in [1.82, 2.24) is 9.97 Å². The Bertz CT molecular complexity index is 498. The first kappa shape index (κ1) is 8.65. The SMILES string of the molecule is CC1(Nc2ncnc3ccccc23)CC1. The molecule has 0 aliphatic heterocycles. The highest BCUT2D eigenvalue weighted by atomic mass is 15.1. The maximum absolute atomic E-state index is 4.31. The van der Waals surface area contributed by atoms with E-state index in [0.29, 0.717) is 0 Å². The topological polar surface area (TPSA) is 37.8 Å². The molecule has 76 valence electrons. The third kappa shape index (κ3) is 1.54. The molecule has 0 atom stereocenters. The standard InChI is InChI=1S/C12H13N3/c1-12(6-7-12)15-11-9-4-2-3-5-10(9)13-8-14-11/h2-5,8H,6-7H2,1H3,(H,13,14,15). The average molecular weight is 199 g/mol. The number of nitrogens with zero attached hydrogens (tertiary/aromatic N) is 2. The molecule has 2 aromatic rings. The number of fused-ring (bicyclic) bond motifs is 1. The van der Waals surface area contributed by atoms with Gasteiger partial charge in [0.1, 0.15) is 12.1 Å². The van der Waals surface area contributed by atoms with E-state index in [1.165, 1.54) is 12.8 Å². The number of anilines is 1. The minimum Gasteiger partial charge on any atom is -0.364 e. The van der Waals surface area contributed by atoms with Crippen molar-refractivity contribution >= 4 is 16.7 Å². The summed E-state index contributed by atoms with van der Waals surface area (Å²) in [6.45, 7) is 2.23. The lowest BCUT2D eigenvalue weighted by Gasteiger charge is -2.13. The van der Waals surface area contributed by atoms with E-state index in [1.807, 2.05) is 18.2 Å². The molecule has 1 fully saturated rings. The van der Waals surface area contributed by atoms with Gasteiger partial charge in [0.15, 0.2) is 0 Å². The van der Waals surface area contributed by atoms with E-state index in [1.54, 1.807) is 6.33 Å². The van der Waals surface area contributed by atoms with Gasteiger partial charge >= 0.3 is 0 Å². The van der Waals surface area contributed by atoms with Crippen LogP contribution in [0.4, 0.5) is 5.82 Å². The fourth-order valence-electron chi connectivity index (χ4n) is 1.70. The maximum atomic E-state index is 4.31. The largest absolute Gasteiger partial charge is 0.364 e. The van der Waals surface area contributed by atoms with Crippen LogP contribution in [0, 0.1) is 0 Å². The minimum absolute atomic E-state index is 0.261. The molecule has 1 saturated carbocycles. The Morgan fingerprint density at radius 3 is 2.80 bits per heavy atom. The number of hydrogen-bond acceptors (Lipinski definition) is 3. The van der Waals surface area contributed by atoms with Crippen LogP contribution in [0.25, 0.3) is 10.9 Å². The smallest absolute Gasteiger partial charge is 0.137 e. The summed E-state index contributed by atoms with van der Waals surface area (Å²) in [5.41, 5.74) is 1.26. The maximum Gasteiger partial charge on any atom is 0.137 e. The second-order valence-electron chi connectivity index (χ2n) is 4.43. The molecule has 3 heteroatoms. The predicted octanol–water partition coefficient (Wildman–Crippen LogP) is 2.59. The molecule has 0 bridgehead atoms. The van der Waals surface area contributed by atoms with Gasteiger partial charge in [-0.05, 0) is 31.9 Å². The predicted molar refractivity (Wildman–Crippen MR) is 60.8 cm³/mol. The Morgan fingerprint density at radius 1 is 1.20 bits per heavy atom. The van der Waals surface area contributed by atoms with E-state index in [4.69, 9.17) is 0 Å². The molecule has 0 unspecified atom stereocenters. The Hall–Kier alpha value is -1.64. The summed E-state index contributed by atoms with van der Waals surface area (Å²) in [5.74, 6) is 0.959. The average Bonchev–Trinajstić information content (AvgIpc) is 2.97. The number of benzene rings is 1. The monoisotopic (exact) mass is 199 g/mol. The molecule has 1 aliphatic rings. The van der Waals surface area contributed by atoms with Gasteiger partial charge in [0.25, 0.3) is 0 Å². The molecule has 1 aliphatic carbocycles. The number of para-hydroxylation sites is 1. The van der Waals surface area contributed by atoms with Crippen molar-refractivity contribution in [2.24, 2.45) is 0 Å². The van der Waals surface area contributed by atoms with E-state index < -0.39 is 0 Å². The number of nitrogens with one attached hydrogen (secondary N) is 1. The lowest BCUT2D eigenvalue weighted by Crippen LogP contribution is -2.17. The van der Waals surface area contributed by atoms with Gasteiger partial charge in [0.2, 0.25) is 0 Å². The molecular formula is C12H13N3. The lowest BCUT2D eigenvalue weighted by atomic mass is 10.2. The van der Waals surface area contributed by atoms with Crippen LogP contribution in [-0.2, 0) is 0 Å². The number of aromatic nitrogens is 2. The third-order valence-corrected chi connectivity index (χ3v) is 2.96. The third-order valence-electron chi connectivity index (χ3n) is 2.96. The Morgan fingerprint density at radius 2 is 2.00 bits per heavy atom. The van der Waals surface area contributed by atoms with Gasteiger partial charge in [-0.1, -0.05) is 12.1 Å². The summed E-state index contributed by atoms with van der Waals surface area (Å²) in [6, 6.07) is 8.09. The highest BCUT2D eigenvalue weighted by Crippen LogP contribution is 2.38. The molecule has 0 saturated heterocycles. The van der Waals surface area contributed by atoms with Crippen LogP contribution in [0.1, 0.15) is 19.8 Å². The van der Waals surface area contributed by atoms with Crippen LogP contribution < -0.4 is 5.32 Å². The summed E-state index contributed by atoms with van der Waals surface area (Å²) >= 11 is 0. The van der Waals surface area contributed by atoms with E-state index in [9.17, 15) is 0 Å². The van der Waals surface area contributed by atoms with E-state index in [2.05, 4.69) is 28.3 Å². The van der Waals surface area contributed by atoms with Crippen molar-refractivity contribution in [1.29, 1.82) is 0 Å². The Labute approximate surface area is 88.6 Å². The van der Waals surface area contributed by atoms with E-state index >= 15 is 0 Å². The number of rotatable bonds is 2. The summed E-state index contributed by atoms with van der Waals surface area (Å²) in [7, 11) is 0. The van der Waals surface area contributed by atoms with E-state index in [-0.39, 0.29) is 5.54 Å². The van der Waals surface area contributed by atoms with Gasteiger partial charge in [-0.15, -0.1) is 0 Å². The van der Waals surface area contributed by atoms with Crippen LogP contribution in [0.2, 0.25) is 0 Å². The van der Waals surface area contributed by atoms with E-state index in [0.717, 1.165) is 16.7 Å². The van der Waals surface area contributed by atoms with Crippen molar-refractivity contribution in [2.45, 2.75) is 25.3 Å².